The lowest BCUT2D eigenvalue weighted by molar-refractivity contribution is 0.186. The van der Waals surface area contributed by atoms with Crippen molar-refractivity contribution in [1.82, 2.24) is 0 Å². The van der Waals surface area contributed by atoms with E-state index in [9.17, 15) is 10.2 Å². The molecular weight excluding hydrogens is 268 g/mol. The topological polar surface area (TPSA) is 87.7 Å². The summed E-state index contributed by atoms with van der Waals surface area (Å²) in [7, 11) is 1.62. The predicted octanol–water partition coefficient (Wildman–Crippen LogP) is 2.00. The Morgan fingerprint density at radius 3 is 2.52 bits per heavy atom. The van der Waals surface area contributed by atoms with Crippen LogP contribution in [-0.2, 0) is 6.54 Å². The monoisotopic (exact) mass is 288 g/mol. The van der Waals surface area contributed by atoms with Gasteiger partial charge in [0.15, 0.2) is 0 Å². The van der Waals surface area contributed by atoms with Crippen LogP contribution in [-0.4, -0.2) is 23.9 Å². The maximum atomic E-state index is 9.85. The number of benzene rings is 2. The molecule has 5 N–H and O–H groups in total. The number of hydrogen-bond acceptors (Lipinski definition) is 5. The van der Waals surface area contributed by atoms with Crippen molar-refractivity contribution in [3.05, 3.63) is 53.6 Å². The van der Waals surface area contributed by atoms with Gasteiger partial charge in [-0.3, -0.25) is 0 Å². The Labute approximate surface area is 124 Å². The first kappa shape index (κ1) is 15.2. The number of phenolic OH excluding ortho intramolecular Hbond substituents is 1. The van der Waals surface area contributed by atoms with E-state index in [0.717, 1.165) is 11.3 Å². The molecule has 2 aromatic carbocycles. The number of ether oxygens (including phenoxy) is 1. The summed E-state index contributed by atoms with van der Waals surface area (Å²) in [6.07, 6.45) is -0.730. The molecule has 0 bridgehead atoms. The summed E-state index contributed by atoms with van der Waals surface area (Å²) >= 11 is 0. The van der Waals surface area contributed by atoms with Gasteiger partial charge in [0.1, 0.15) is 11.5 Å². The molecule has 112 valence electrons. The summed E-state index contributed by atoms with van der Waals surface area (Å²) in [5.41, 5.74) is 7.73. The number of rotatable bonds is 6. The van der Waals surface area contributed by atoms with Crippen molar-refractivity contribution >= 4 is 5.69 Å². The molecule has 0 aliphatic carbocycles. The molecule has 0 aromatic heterocycles. The Morgan fingerprint density at radius 1 is 1.19 bits per heavy atom. The van der Waals surface area contributed by atoms with Crippen molar-refractivity contribution in [2.45, 2.75) is 12.6 Å². The average molecular weight is 288 g/mol. The third-order valence-electron chi connectivity index (χ3n) is 3.27. The summed E-state index contributed by atoms with van der Waals surface area (Å²) < 4.78 is 5.11. The van der Waals surface area contributed by atoms with Gasteiger partial charge in [0.05, 0.1) is 18.9 Å². The van der Waals surface area contributed by atoms with Gasteiger partial charge >= 0.3 is 0 Å². The molecule has 5 heteroatoms. The van der Waals surface area contributed by atoms with Crippen LogP contribution in [0.25, 0.3) is 0 Å². The highest BCUT2D eigenvalue weighted by Gasteiger charge is 2.08. The Kier molecular flexibility index (Phi) is 5.03. The molecule has 2 aromatic rings. The van der Waals surface area contributed by atoms with E-state index in [2.05, 4.69) is 5.32 Å². The molecule has 0 heterocycles. The van der Waals surface area contributed by atoms with Crippen LogP contribution in [0.15, 0.2) is 42.5 Å². The van der Waals surface area contributed by atoms with Gasteiger partial charge in [-0.25, -0.2) is 0 Å². The van der Waals surface area contributed by atoms with Crippen LogP contribution < -0.4 is 15.8 Å². The highest BCUT2D eigenvalue weighted by molar-refractivity contribution is 5.58. The van der Waals surface area contributed by atoms with Crippen molar-refractivity contribution in [1.29, 1.82) is 0 Å². The molecule has 0 amide bonds. The van der Waals surface area contributed by atoms with Gasteiger partial charge in [-0.05, 0) is 35.4 Å². The largest absolute Gasteiger partial charge is 0.506 e. The van der Waals surface area contributed by atoms with E-state index in [1.807, 2.05) is 24.3 Å². The average Bonchev–Trinajstić information content (AvgIpc) is 2.53. The lowest BCUT2D eigenvalue weighted by atomic mass is 10.1. The number of aromatic hydroxyl groups is 1. The molecule has 0 aliphatic rings. The number of aliphatic hydroxyl groups excluding tert-OH is 1. The Morgan fingerprint density at radius 2 is 1.90 bits per heavy atom. The first-order valence-electron chi connectivity index (χ1n) is 6.72. The number of aliphatic hydroxyl groups is 1. The second-order valence-electron chi connectivity index (χ2n) is 4.73. The van der Waals surface area contributed by atoms with Gasteiger partial charge in [-0.2, -0.15) is 0 Å². The van der Waals surface area contributed by atoms with Gasteiger partial charge in [-0.15, -0.1) is 0 Å². The van der Waals surface area contributed by atoms with Crippen LogP contribution in [0.4, 0.5) is 5.69 Å². The number of anilines is 1. The summed E-state index contributed by atoms with van der Waals surface area (Å²) in [4.78, 5) is 0. The normalized spacial score (nSPS) is 12.0. The fourth-order valence-corrected chi connectivity index (χ4v) is 1.98. The lowest BCUT2D eigenvalue weighted by Crippen LogP contribution is -2.11. The maximum Gasteiger partial charge on any atom is 0.138 e. The number of methoxy groups -OCH3 is 1. The Hall–Kier alpha value is -2.24. The molecular formula is C16H20N2O3. The second-order valence-corrected chi connectivity index (χ2v) is 4.73. The van der Waals surface area contributed by atoms with E-state index in [0.29, 0.717) is 17.8 Å². The quantitative estimate of drug-likeness (QED) is 0.611. The molecule has 21 heavy (non-hydrogen) atoms. The number of nitrogens with two attached hydrogens (primary N) is 1. The molecule has 0 radical (unpaired) electrons. The van der Waals surface area contributed by atoms with E-state index in [1.54, 1.807) is 25.3 Å². The molecule has 0 saturated carbocycles. The van der Waals surface area contributed by atoms with Crippen molar-refractivity contribution in [3.8, 4) is 11.5 Å². The third-order valence-corrected chi connectivity index (χ3v) is 3.27. The standard InChI is InChI=1S/C16H20N2O3/c1-21-13-5-2-11(3-6-13)10-18-14-8-12(16(20)9-17)4-7-15(14)19/h2-8,16,18-20H,9-10,17H2,1H3. The van der Waals surface area contributed by atoms with Crippen molar-refractivity contribution in [3.63, 3.8) is 0 Å². The van der Waals surface area contributed by atoms with Gasteiger partial charge in [0.25, 0.3) is 0 Å². The van der Waals surface area contributed by atoms with Crippen molar-refractivity contribution < 1.29 is 14.9 Å². The Balaban J connectivity index is 2.07. The summed E-state index contributed by atoms with van der Waals surface area (Å²) in [5, 5.41) is 22.7. The minimum atomic E-state index is -0.730. The van der Waals surface area contributed by atoms with Crippen LogP contribution in [0.3, 0.4) is 0 Å². The van der Waals surface area contributed by atoms with Gasteiger partial charge in [0.2, 0.25) is 0 Å². The highest BCUT2D eigenvalue weighted by atomic mass is 16.5. The highest BCUT2D eigenvalue weighted by Crippen LogP contribution is 2.27. The van der Waals surface area contributed by atoms with E-state index in [4.69, 9.17) is 10.5 Å². The molecule has 0 spiro atoms. The van der Waals surface area contributed by atoms with Gasteiger partial charge < -0.3 is 26.0 Å². The van der Waals surface area contributed by atoms with Gasteiger partial charge in [0, 0.05) is 13.1 Å². The van der Waals surface area contributed by atoms with E-state index in [1.165, 1.54) is 0 Å². The molecule has 0 fully saturated rings. The zero-order valence-electron chi connectivity index (χ0n) is 11.9. The van der Waals surface area contributed by atoms with Crippen LogP contribution in [0.2, 0.25) is 0 Å². The van der Waals surface area contributed by atoms with Gasteiger partial charge in [-0.1, -0.05) is 18.2 Å². The molecule has 0 saturated heterocycles. The predicted molar refractivity (Wildman–Crippen MR) is 82.4 cm³/mol. The first-order valence-corrected chi connectivity index (χ1v) is 6.72. The minimum absolute atomic E-state index is 0.136. The second kappa shape index (κ2) is 6.97. The molecule has 1 unspecified atom stereocenters. The van der Waals surface area contributed by atoms with Crippen molar-refractivity contribution in [2.75, 3.05) is 19.0 Å². The zero-order chi connectivity index (χ0) is 15.2. The van der Waals surface area contributed by atoms with E-state index >= 15 is 0 Å². The summed E-state index contributed by atoms with van der Waals surface area (Å²) in [6.45, 7) is 0.697. The first-order chi connectivity index (χ1) is 10.1. The fourth-order valence-electron chi connectivity index (χ4n) is 1.98. The van der Waals surface area contributed by atoms with E-state index in [-0.39, 0.29) is 12.3 Å². The van der Waals surface area contributed by atoms with Crippen LogP contribution in [0, 0.1) is 0 Å². The van der Waals surface area contributed by atoms with Crippen LogP contribution in [0.5, 0.6) is 11.5 Å². The summed E-state index contributed by atoms with van der Waals surface area (Å²) in [6, 6.07) is 12.6. The summed E-state index contributed by atoms with van der Waals surface area (Å²) in [5.74, 6) is 0.936. The van der Waals surface area contributed by atoms with Crippen LogP contribution >= 0.6 is 0 Å². The smallest absolute Gasteiger partial charge is 0.138 e. The molecule has 1 atom stereocenters. The van der Waals surface area contributed by atoms with E-state index < -0.39 is 6.10 Å². The van der Waals surface area contributed by atoms with Crippen molar-refractivity contribution in [2.24, 2.45) is 5.73 Å². The number of nitrogens with one attached hydrogen (secondary N) is 1. The third kappa shape index (κ3) is 3.87. The molecule has 5 nitrogen and oxygen atoms in total. The minimum Gasteiger partial charge on any atom is -0.506 e. The SMILES string of the molecule is COc1ccc(CNc2cc(C(O)CN)ccc2O)cc1. The maximum absolute atomic E-state index is 9.85. The zero-order valence-corrected chi connectivity index (χ0v) is 11.9. The number of hydrogen-bond donors (Lipinski definition) is 4. The Bertz CT molecular complexity index is 585. The molecule has 2 rings (SSSR count). The lowest BCUT2D eigenvalue weighted by Gasteiger charge is -2.13. The molecule has 0 aliphatic heterocycles. The number of phenols is 1. The van der Waals surface area contributed by atoms with Crippen LogP contribution in [0.1, 0.15) is 17.2 Å². The fraction of sp³-hybridized carbons (Fsp3) is 0.250.